The number of amides is 1. The molecule has 2 aromatic carbocycles. The molecule has 0 saturated carbocycles. The molecule has 0 spiro atoms. The summed E-state index contributed by atoms with van der Waals surface area (Å²) in [5, 5.41) is 2.90. The number of nitrogens with one attached hydrogen (secondary N) is 2. The summed E-state index contributed by atoms with van der Waals surface area (Å²) >= 11 is 0. The van der Waals surface area contributed by atoms with Gasteiger partial charge in [-0.3, -0.25) is 4.79 Å². The third-order valence-electron chi connectivity index (χ3n) is 5.02. The van der Waals surface area contributed by atoms with Crippen LogP contribution in [0, 0.1) is 0 Å². The van der Waals surface area contributed by atoms with Crippen molar-refractivity contribution in [1.82, 2.24) is 10.0 Å². The van der Waals surface area contributed by atoms with Gasteiger partial charge < -0.3 is 19.5 Å². The van der Waals surface area contributed by atoms with Crippen LogP contribution in [-0.4, -0.2) is 54.3 Å². The Kier molecular flexibility index (Phi) is 7.19. The van der Waals surface area contributed by atoms with Gasteiger partial charge in [-0.1, -0.05) is 26.0 Å². The quantitative estimate of drug-likeness (QED) is 0.570. The summed E-state index contributed by atoms with van der Waals surface area (Å²) < 4.78 is 43.3. The summed E-state index contributed by atoms with van der Waals surface area (Å²) in [5.74, 6) is 1.06. The molecule has 31 heavy (non-hydrogen) atoms. The fraction of sp³-hybridized carbons (Fsp3) is 0.409. The van der Waals surface area contributed by atoms with Crippen molar-refractivity contribution in [3.8, 4) is 11.5 Å². The van der Waals surface area contributed by atoms with Gasteiger partial charge in [0.15, 0.2) is 11.5 Å². The van der Waals surface area contributed by atoms with Crippen LogP contribution in [0.3, 0.4) is 0 Å². The predicted octanol–water partition coefficient (Wildman–Crippen LogP) is 2.09. The summed E-state index contributed by atoms with van der Waals surface area (Å²) in [4.78, 5) is 12.7. The van der Waals surface area contributed by atoms with E-state index in [-0.39, 0.29) is 34.9 Å². The summed E-state index contributed by atoms with van der Waals surface area (Å²) in [6.07, 6.45) is 0. The highest BCUT2D eigenvalue weighted by Gasteiger charge is 2.25. The molecular weight excluding hydrogens is 420 g/mol. The van der Waals surface area contributed by atoms with Crippen molar-refractivity contribution >= 4 is 15.9 Å². The van der Waals surface area contributed by atoms with E-state index in [0.29, 0.717) is 31.3 Å². The number of hydrogen-bond acceptors (Lipinski definition) is 6. The van der Waals surface area contributed by atoms with E-state index < -0.39 is 10.0 Å². The first-order valence-corrected chi connectivity index (χ1v) is 11.5. The van der Waals surface area contributed by atoms with Crippen molar-refractivity contribution in [1.29, 1.82) is 0 Å². The lowest BCUT2D eigenvalue weighted by molar-refractivity contribution is 0.0945. The molecule has 1 heterocycles. The third kappa shape index (κ3) is 5.75. The van der Waals surface area contributed by atoms with Crippen molar-refractivity contribution in [2.75, 3.05) is 40.0 Å². The molecule has 2 aromatic rings. The van der Waals surface area contributed by atoms with E-state index >= 15 is 0 Å². The van der Waals surface area contributed by atoms with E-state index in [1.54, 1.807) is 12.1 Å². The van der Waals surface area contributed by atoms with E-state index in [2.05, 4.69) is 10.0 Å². The van der Waals surface area contributed by atoms with E-state index in [1.165, 1.54) is 19.2 Å². The maximum atomic E-state index is 12.7. The molecule has 0 fully saturated rings. The van der Waals surface area contributed by atoms with Crippen LogP contribution in [-0.2, 0) is 20.2 Å². The Morgan fingerprint density at radius 1 is 1.10 bits per heavy atom. The fourth-order valence-electron chi connectivity index (χ4n) is 3.14. The number of fused-ring (bicyclic) bond motifs is 1. The fourth-order valence-corrected chi connectivity index (χ4v) is 4.19. The summed E-state index contributed by atoms with van der Waals surface area (Å²) in [7, 11) is -2.23. The van der Waals surface area contributed by atoms with Crippen molar-refractivity contribution in [3.63, 3.8) is 0 Å². The number of benzene rings is 2. The summed E-state index contributed by atoms with van der Waals surface area (Å²) in [5.41, 5.74) is 0.889. The SMILES string of the molecule is COCCNS(=O)(=O)c1cccc(C(=O)NCC(C)(C)c2ccc3c(c2)OCCO3)c1. The number of rotatable bonds is 9. The Balaban J connectivity index is 1.67. The Morgan fingerprint density at radius 3 is 2.58 bits per heavy atom. The highest BCUT2D eigenvalue weighted by atomic mass is 32.2. The third-order valence-corrected chi connectivity index (χ3v) is 6.48. The largest absolute Gasteiger partial charge is 0.486 e. The van der Waals surface area contributed by atoms with Gasteiger partial charge in [0.2, 0.25) is 10.0 Å². The highest BCUT2D eigenvalue weighted by molar-refractivity contribution is 7.89. The first kappa shape index (κ1) is 23.1. The first-order chi connectivity index (χ1) is 14.7. The standard InChI is InChI=1S/C22H28N2O6S/c1-22(2,17-7-8-19-20(14-17)30-12-11-29-19)15-23-21(25)16-5-4-6-18(13-16)31(26,27)24-9-10-28-3/h4-8,13-14,24H,9-12,15H2,1-3H3,(H,23,25). The monoisotopic (exact) mass is 448 g/mol. The Morgan fingerprint density at radius 2 is 1.84 bits per heavy atom. The number of carbonyl (C=O) groups is 1. The molecule has 0 saturated heterocycles. The Hall–Kier alpha value is -2.62. The van der Waals surface area contributed by atoms with Crippen LogP contribution in [0.1, 0.15) is 29.8 Å². The van der Waals surface area contributed by atoms with Crippen molar-refractivity contribution in [2.24, 2.45) is 0 Å². The van der Waals surface area contributed by atoms with Crippen LogP contribution in [0.4, 0.5) is 0 Å². The average Bonchev–Trinajstić information content (AvgIpc) is 2.77. The van der Waals surface area contributed by atoms with Gasteiger partial charge in [-0.2, -0.15) is 0 Å². The van der Waals surface area contributed by atoms with Crippen molar-refractivity contribution < 1.29 is 27.4 Å². The van der Waals surface area contributed by atoms with Gasteiger partial charge >= 0.3 is 0 Å². The normalized spacial score (nSPS) is 13.6. The smallest absolute Gasteiger partial charge is 0.251 e. The van der Waals surface area contributed by atoms with Gasteiger partial charge in [0.1, 0.15) is 13.2 Å². The molecule has 0 bridgehead atoms. The second-order valence-electron chi connectivity index (χ2n) is 7.84. The second kappa shape index (κ2) is 9.67. The zero-order valence-corrected chi connectivity index (χ0v) is 18.8. The van der Waals surface area contributed by atoms with Crippen molar-refractivity contribution in [3.05, 3.63) is 53.6 Å². The molecule has 2 N–H and O–H groups in total. The lowest BCUT2D eigenvalue weighted by atomic mass is 9.84. The Bertz CT molecular complexity index is 1040. The van der Waals surface area contributed by atoms with Crippen LogP contribution >= 0.6 is 0 Å². The molecule has 0 radical (unpaired) electrons. The van der Waals surface area contributed by atoms with Crippen LogP contribution in [0.2, 0.25) is 0 Å². The van der Waals surface area contributed by atoms with Crippen LogP contribution in [0.15, 0.2) is 47.4 Å². The number of sulfonamides is 1. The number of carbonyl (C=O) groups excluding carboxylic acids is 1. The molecule has 168 valence electrons. The minimum Gasteiger partial charge on any atom is -0.486 e. The summed E-state index contributed by atoms with van der Waals surface area (Å²) in [6, 6.07) is 11.7. The highest BCUT2D eigenvalue weighted by Crippen LogP contribution is 2.35. The minimum atomic E-state index is -3.72. The maximum absolute atomic E-state index is 12.7. The minimum absolute atomic E-state index is 0.0300. The van der Waals surface area contributed by atoms with Gasteiger partial charge in [-0.15, -0.1) is 0 Å². The zero-order valence-electron chi connectivity index (χ0n) is 17.9. The Labute approximate surface area is 182 Å². The maximum Gasteiger partial charge on any atom is 0.251 e. The summed E-state index contributed by atoms with van der Waals surface area (Å²) in [6.45, 7) is 5.83. The first-order valence-electron chi connectivity index (χ1n) is 10.00. The second-order valence-corrected chi connectivity index (χ2v) is 9.61. The number of methoxy groups -OCH3 is 1. The van der Waals surface area contributed by atoms with Gasteiger partial charge in [0.05, 0.1) is 11.5 Å². The van der Waals surface area contributed by atoms with E-state index in [4.69, 9.17) is 14.2 Å². The molecular formula is C22H28N2O6S. The average molecular weight is 449 g/mol. The molecule has 0 aromatic heterocycles. The molecule has 8 nitrogen and oxygen atoms in total. The van der Waals surface area contributed by atoms with Gasteiger partial charge in [0, 0.05) is 31.2 Å². The van der Waals surface area contributed by atoms with Crippen LogP contribution in [0.25, 0.3) is 0 Å². The zero-order chi connectivity index (χ0) is 22.5. The van der Waals surface area contributed by atoms with Gasteiger partial charge in [0.25, 0.3) is 5.91 Å². The van der Waals surface area contributed by atoms with Crippen LogP contribution < -0.4 is 19.5 Å². The van der Waals surface area contributed by atoms with Gasteiger partial charge in [-0.25, -0.2) is 13.1 Å². The molecule has 0 atom stereocenters. The molecule has 0 unspecified atom stereocenters. The van der Waals surface area contributed by atoms with Crippen LogP contribution in [0.5, 0.6) is 11.5 Å². The molecule has 1 aliphatic rings. The molecule has 3 rings (SSSR count). The molecule has 1 amide bonds. The predicted molar refractivity (Wildman–Crippen MR) is 116 cm³/mol. The molecule has 0 aliphatic carbocycles. The topological polar surface area (TPSA) is 103 Å². The van der Waals surface area contributed by atoms with E-state index in [1.807, 2.05) is 32.0 Å². The van der Waals surface area contributed by atoms with E-state index in [9.17, 15) is 13.2 Å². The lowest BCUT2D eigenvalue weighted by Crippen LogP contribution is -2.37. The number of hydrogen-bond donors (Lipinski definition) is 2. The lowest BCUT2D eigenvalue weighted by Gasteiger charge is -2.28. The number of ether oxygens (including phenoxy) is 3. The molecule has 9 heteroatoms. The molecule has 1 aliphatic heterocycles. The van der Waals surface area contributed by atoms with Crippen molar-refractivity contribution in [2.45, 2.75) is 24.2 Å². The van der Waals surface area contributed by atoms with E-state index in [0.717, 1.165) is 5.56 Å². The van der Waals surface area contributed by atoms with Gasteiger partial charge in [-0.05, 0) is 35.9 Å².